The van der Waals surface area contributed by atoms with Gasteiger partial charge in [0, 0.05) is 20.2 Å². The Morgan fingerprint density at radius 1 is 1.11 bits per heavy atom. The topological polar surface area (TPSA) is 104 Å². The van der Waals surface area contributed by atoms with E-state index in [1.807, 2.05) is 4.68 Å². The Hall–Kier alpha value is -3.23. The van der Waals surface area contributed by atoms with Crippen molar-refractivity contribution in [1.82, 2.24) is 23.9 Å². The zero-order chi connectivity index (χ0) is 19.1. The summed E-state index contributed by atoms with van der Waals surface area (Å²) >= 11 is 0. The molecule has 1 saturated carbocycles. The van der Waals surface area contributed by atoms with Crippen LogP contribution in [-0.4, -0.2) is 29.8 Å². The Labute approximate surface area is 154 Å². The van der Waals surface area contributed by atoms with Crippen molar-refractivity contribution in [2.75, 3.05) is 5.32 Å². The van der Waals surface area contributed by atoms with Crippen LogP contribution in [-0.2, 0) is 14.1 Å². The van der Waals surface area contributed by atoms with Crippen LogP contribution in [0, 0.1) is 0 Å². The molecule has 1 aliphatic rings. The second kappa shape index (κ2) is 6.49. The summed E-state index contributed by atoms with van der Waals surface area (Å²) in [6.07, 6.45) is 6.07. The fraction of sp³-hybridized carbons (Fsp3) is 0.389. The molecule has 140 valence electrons. The van der Waals surface area contributed by atoms with Gasteiger partial charge in [0.1, 0.15) is 17.2 Å². The highest BCUT2D eigenvalue weighted by Gasteiger charge is 2.21. The van der Waals surface area contributed by atoms with Gasteiger partial charge in [-0.3, -0.25) is 18.7 Å². The molecule has 0 aliphatic heterocycles. The van der Waals surface area contributed by atoms with Crippen molar-refractivity contribution in [3.8, 4) is 0 Å². The minimum absolute atomic E-state index is 0.130. The van der Waals surface area contributed by atoms with E-state index in [9.17, 15) is 14.4 Å². The summed E-state index contributed by atoms with van der Waals surface area (Å²) in [4.78, 5) is 41.3. The number of carbonyl (C=O) groups excluding carboxylic acids is 1. The Morgan fingerprint density at radius 2 is 1.85 bits per heavy atom. The fourth-order valence-corrected chi connectivity index (χ4v) is 3.61. The molecular formula is C18H20N6O3. The van der Waals surface area contributed by atoms with Gasteiger partial charge >= 0.3 is 5.69 Å². The van der Waals surface area contributed by atoms with Crippen molar-refractivity contribution in [3.05, 3.63) is 50.9 Å². The zero-order valence-corrected chi connectivity index (χ0v) is 15.2. The van der Waals surface area contributed by atoms with Crippen LogP contribution in [0.3, 0.4) is 0 Å². The number of aryl methyl sites for hydroxylation is 1. The van der Waals surface area contributed by atoms with E-state index in [0.717, 1.165) is 30.3 Å². The first-order chi connectivity index (χ1) is 13.0. The summed E-state index contributed by atoms with van der Waals surface area (Å²) in [6.45, 7) is 0. The van der Waals surface area contributed by atoms with Crippen LogP contribution < -0.4 is 16.6 Å². The van der Waals surface area contributed by atoms with Gasteiger partial charge in [0.2, 0.25) is 0 Å². The Morgan fingerprint density at radius 3 is 2.59 bits per heavy atom. The Balaban J connectivity index is 1.69. The molecule has 0 bridgehead atoms. The minimum Gasteiger partial charge on any atom is -0.305 e. The molecule has 0 unspecified atom stereocenters. The molecule has 0 aromatic carbocycles. The lowest BCUT2D eigenvalue weighted by Crippen LogP contribution is -2.37. The minimum atomic E-state index is -0.489. The normalized spacial score (nSPS) is 14.7. The third kappa shape index (κ3) is 2.84. The number of carbonyl (C=O) groups is 1. The van der Waals surface area contributed by atoms with E-state index in [-0.39, 0.29) is 16.7 Å². The molecule has 1 N–H and O–H groups in total. The molecular weight excluding hydrogens is 348 g/mol. The summed E-state index contributed by atoms with van der Waals surface area (Å²) < 4.78 is 4.12. The number of rotatable bonds is 3. The molecule has 4 rings (SSSR count). The molecule has 1 fully saturated rings. The summed E-state index contributed by atoms with van der Waals surface area (Å²) in [5.41, 5.74) is -0.617. The largest absolute Gasteiger partial charge is 0.332 e. The number of hydrogen-bond acceptors (Lipinski definition) is 5. The molecule has 0 radical (unpaired) electrons. The molecule has 1 aliphatic carbocycles. The lowest BCUT2D eigenvalue weighted by molar-refractivity contribution is 0.102. The summed E-state index contributed by atoms with van der Waals surface area (Å²) in [5, 5.41) is 7.46. The number of hydrogen-bond donors (Lipinski definition) is 1. The third-order valence-electron chi connectivity index (χ3n) is 5.12. The molecule has 27 heavy (non-hydrogen) atoms. The van der Waals surface area contributed by atoms with Gasteiger partial charge in [-0.15, -0.1) is 0 Å². The predicted octanol–water partition coefficient (Wildman–Crippen LogP) is 1.20. The smallest absolute Gasteiger partial charge is 0.305 e. The molecule has 0 atom stereocenters. The maximum atomic E-state index is 12.7. The third-order valence-corrected chi connectivity index (χ3v) is 5.12. The van der Waals surface area contributed by atoms with Crippen LogP contribution in [0.5, 0.6) is 0 Å². The van der Waals surface area contributed by atoms with E-state index in [0.29, 0.717) is 11.9 Å². The summed E-state index contributed by atoms with van der Waals surface area (Å²) in [6, 6.07) is 5.05. The van der Waals surface area contributed by atoms with Crippen LogP contribution in [0.2, 0.25) is 0 Å². The number of aromatic nitrogens is 5. The van der Waals surface area contributed by atoms with Crippen molar-refractivity contribution < 1.29 is 4.79 Å². The van der Waals surface area contributed by atoms with Gasteiger partial charge in [0.25, 0.3) is 11.5 Å². The molecule has 9 nitrogen and oxygen atoms in total. The van der Waals surface area contributed by atoms with Crippen molar-refractivity contribution in [2.24, 2.45) is 14.1 Å². The van der Waals surface area contributed by atoms with Crippen LogP contribution in [0.15, 0.2) is 34.0 Å². The van der Waals surface area contributed by atoms with E-state index in [1.165, 1.54) is 30.8 Å². The first kappa shape index (κ1) is 17.2. The molecule has 0 spiro atoms. The highest BCUT2D eigenvalue weighted by molar-refractivity contribution is 6.03. The van der Waals surface area contributed by atoms with E-state index < -0.39 is 17.2 Å². The van der Waals surface area contributed by atoms with Gasteiger partial charge in [0.05, 0.1) is 17.6 Å². The molecule has 3 aromatic rings. The molecule has 1 amide bonds. The van der Waals surface area contributed by atoms with Gasteiger partial charge in [-0.25, -0.2) is 14.5 Å². The summed E-state index contributed by atoms with van der Waals surface area (Å²) in [5.74, 6) is 0.205. The lowest BCUT2D eigenvalue weighted by atomic mass is 10.2. The Bertz CT molecular complexity index is 1150. The molecule has 3 heterocycles. The monoisotopic (exact) mass is 368 g/mol. The van der Waals surface area contributed by atoms with Gasteiger partial charge < -0.3 is 5.32 Å². The fourth-order valence-electron chi connectivity index (χ4n) is 3.61. The molecule has 3 aromatic heterocycles. The quantitative estimate of drug-likeness (QED) is 0.748. The van der Waals surface area contributed by atoms with E-state index >= 15 is 0 Å². The van der Waals surface area contributed by atoms with E-state index in [1.54, 1.807) is 12.3 Å². The average Bonchev–Trinajstić information content (AvgIpc) is 3.35. The van der Waals surface area contributed by atoms with Gasteiger partial charge in [-0.1, -0.05) is 12.8 Å². The number of anilines is 1. The van der Waals surface area contributed by atoms with Crippen molar-refractivity contribution in [2.45, 2.75) is 31.7 Å². The van der Waals surface area contributed by atoms with E-state index in [4.69, 9.17) is 0 Å². The highest BCUT2D eigenvalue weighted by Crippen LogP contribution is 2.31. The van der Waals surface area contributed by atoms with Crippen molar-refractivity contribution in [1.29, 1.82) is 0 Å². The molecule has 0 saturated heterocycles. The molecule has 9 heteroatoms. The van der Waals surface area contributed by atoms with Gasteiger partial charge in [-0.2, -0.15) is 5.10 Å². The number of amides is 1. The zero-order valence-electron chi connectivity index (χ0n) is 15.2. The van der Waals surface area contributed by atoms with Crippen LogP contribution >= 0.6 is 0 Å². The Kier molecular flexibility index (Phi) is 4.14. The maximum Gasteiger partial charge on any atom is 0.332 e. The van der Waals surface area contributed by atoms with Crippen LogP contribution in [0.1, 0.15) is 42.2 Å². The second-order valence-corrected chi connectivity index (χ2v) is 6.83. The first-order valence-corrected chi connectivity index (χ1v) is 8.89. The predicted molar refractivity (Wildman–Crippen MR) is 99.9 cm³/mol. The van der Waals surface area contributed by atoms with Gasteiger partial charge in [-0.05, 0) is 25.0 Å². The lowest BCUT2D eigenvalue weighted by Gasteiger charge is -2.14. The number of fused-ring (bicyclic) bond motifs is 1. The van der Waals surface area contributed by atoms with Gasteiger partial charge in [0.15, 0.2) is 0 Å². The number of nitrogens with one attached hydrogen (secondary N) is 1. The first-order valence-electron chi connectivity index (χ1n) is 8.89. The standard InChI is InChI=1S/C18H20N6O3/c1-22-15-12(17(26)23(2)18(22)27)7-8-13(20-15)16(25)21-14-9-10-19-24(14)11-5-3-4-6-11/h7-11H,3-6H2,1-2H3,(H,21,25). The second-order valence-electron chi connectivity index (χ2n) is 6.83. The van der Waals surface area contributed by atoms with Crippen molar-refractivity contribution >= 4 is 22.8 Å². The van der Waals surface area contributed by atoms with Crippen LogP contribution in [0.25, 0.3) is 11.0 Å². The number of pyridine rings is 1. The SMILES string of the molecule is Cn1c(=O)c2ccc(C(=O)Nc3ccnn3C3CCCC3)nc2n(C)c1=O. The van der Waals surface area contributed by atoms with E-state index in [2.05, 4.69) is 15.4 Å². The average molecular weight is 368 g/mol. The highest BCUT2D eigenvalue weighted by atomic mass is 16.2. The summed E-state index contributed by atoms with van der Waals surface area (Å²) in [7, 11) is 2.93. The van der Waals surface area contributed by atoms with Crippen molar-refractivity contribution in [3.63, 3.8) is 0 Å². The van der Waals surface area contributed by atoms with Crippen LogP contribution in [0.4, 0.5) is 5.82 Å². The number of nitrogens with zero attached hydrogens (tertiary/aromatic N) is 5. The maximum absolute atomic E-state index is 12.7.